The van der Waals surface area contributed by atoms with E-state index in [0.717, 1.165) is 3.57 Å². The van der Waals surface area contributed by atoms with Crippen LogP contribution in [-0.4, -0.2) is 12.5 Å². The van der Waals surface area contributed by atoms with Crippen LogP contribution in [0.3, 0.4) is 0 Å². The Bertz CT molecular complexity index is 617. The molecule has 0 aliphatic rings. The Morgan fingerprint density at radius 3 is 2.60 bits per heavy atom. The second-order valence-electron chi connectivity index (χ2n) is 4.03. The van der Waals surface area contributed by atoms with Crippen LogP contribution in [-0.2, 0) is 4.79 Å². The molecule has 0 bridgehead atoms. The van der Waals surface area contributed by atoms with Crippen LogP contribution in [0.1, 0.15) is 0 Å². The predicted octanol–water partition coefficient (Wildman–Crippen LogP) is 3.54. The molecule has 2 aromatic carbocycles. The van der Waals surface area contributed by atoms with E-state index >= 15 is 0 Å². The van der Waals surface area contributed by atoms with Gasteiger partial charge in [0.2, 0.25) is 0 Å². The summed E-state index contributed by atoms with van der Waals surface area (Å²) in [4.78, 5) is 11.8. The maximum absolute atomic E-state index is 11.8. The lowest BCUT2D eigenvalue weighted by Gasteiger charge is -2.09. The molecule has 3 N–H and O–H groups in total. The van der Waals surface area contributed by atoms with Crippen molar-refractivity contribution in [2.45, 2.75) is 0 Å². The fraction of sp³-hybridized carbons (Fsp3) is 0.0714. The van der Waals surface area contributed by atoms with Gasteiger partial charge < -0.3 is 15.8 Å². The number of carbonyl (C=O) groups excluding carboxylic acids is 1. The number of amides is 1. The van der Waals surface area contributed by atoms with Gasteiger partial charge in [0.1, 0.15) is 5.75 Å². The highest BCUT2D eigenvalue weighted by Gasteiger charge is 2.07. The van der Waals surface area contributed by atoms with E-state index in [1.54, 1.807) is 42.5 Å². The SMILES string of the molecule is Nc1ccc(OCC(=O)Nc2ccc(Cl)cc2I)cc1. The second kappa shape index (κ2) is 6.81. The summed E-state index contributed by atoms with van der Waals surface area (Å²) in [5.41, 5.74) is 6.93. The molecule has 0 atom stereocenters. The van der Waals surface area contributed by atoms with Gasteiger partial charge in [-0.2, -0.15) is 0 Å². The van der Waals surface area contributed by atoms with Crippen LogP contribution in [0.2, 0.25) is 5.02 Å². The van der Waals surface area contributed by atoms with Crippen LogP contribution in [0.4, 0.5) is 11.4 Å². The zero-order valence-electron chi connectivity index (χ0n) is 10.4. The van der Waals surface area contributed by atoms with E-state index in [9.17, 15) is 4.79 Å². The summed E-state index contributed by atoms with van der Waals surface area (Å²) in [5.74, 6) is 0.363. The Morgan fingerprint density at radius 2 is 1.95 bits per heavy atom. The van der Waals surface area contributed by atoms with E-state index in [1.807, 2.05) is 0 Å². The molecule has 2 rings (SSSR count). The van der Waals surface area contributed by atoms with Gasteiger partial charge in [-0.25, -0.2) is 0 Å². The van der Waals surface area contributed by atoms with Crippen molar-refractivity contribution in [3.05, 3.63) is 51.1 Å². The topological polar surface area (TPSA) is 64.3 Å². The van der Waals surface area contributed by atoms with Crippen molar-refractivity contribution in [1.82, 2.24) is 0 Å². The summed E-state index contributed by atoms with van der Waals surface area (Å²) < 4.78 is 6.23. The molecule has 0 radical (unpaired) electrons. The van der Waals surface area contributed by atoms with Crippen LogP contribution < -0.4 is 15.8 Å². The van der Waals surface area contributed by atoms with Gasteiger partial charge >= 0.3 is 0 Å². The standard InChI is InChI=1S/C14H12ClIN2O2/c15-9-1-6-13(12(16)7-9)18-14(19)8-20-11-4-2-10(17)3-5-11/h1-7H,8,17H2,(H,18,19). The Hall–Kier alpha value is -1.47. The highest BCUT2D eigenvalue weighted by Crippen LogP contribution is 2.22. The number of nitrogens with two attached hydrogens (primary N) is 1. The quantitative estimate of drug-likeness (QED) is 0.607. The molecule has 0 aliphatic carbocycles. The molecule has 0 aromatic heterocycles. The Balaban J connectivity index is 1.90. The molecule has 4 nitrogen and oxygen atoms in total. The Morgan fingerprint density at radius 1 is 1.25 bits per heavy atom. The summed E-state index contributed by atoms with van der Waals surface area (Å²) in [6.45, 7) is -0.0668. The minimum atomic E-state index is -0.234. The number of hydrogen-bond acceptors (Lipinski definition) is 3. The third-order valence-electron chi connectivity index (χ3n) is 2.46. The molecule has 104 valence electrons. The average Bonchev–Trinajstić information content (AvgIpc) is 2.41. The van der Waals surface area contributed by atoms with Gasteiger partial charge in [0.15, 0.2) is 6.61 Å². The largest absolute Gasteiger partial charge is 0.484 e. The summed E-state index contributed by atoms with van der Waals surface area (Å²) in [5, 5.41) is 3.39. The van der Waals surface area contributed by atoms with Crippen molar-refractivity contribution < 1.29 is 9.53 Å². The first-order chi connectivity index (χ1) is 9.54. The van der Waals surface area contributed by atoms with Crippen LogP contribution in [0, 0.1) is 3.57 Å². The summed E-state index contributed by atoms with van der Waals surface area (Å²) in [6.07, 6.45) is 0. The van der Waals surface area contributed by atoms with Gasteiger partial charge in [0, 0.05) is 14.3 Å². The predicted molar refractivity (Wildman–Crippen MR) is 89.1 cm³/mol. The third kappa shape index (κ3) is 4.28. The van der Waals surface area contributed by atoms with E-state index in [1.165, 1.54) is 0 Å². The fourth-order valence-electron chi connectivity index (χ4n) is 1.49. The number of nitrogen functional groups attached to an aromatic ring is 1. The number of halogens is 2. The minimum Gasteiger partial charge on any atom is -0.484 e. The van der Waals surface area contributed by atoms with E-state index in [2.05, 4.69) is 27.9 Å². The molecule has 0 spiro atoms. The third-order valence-corrected chi connectivity index (χ3v) is 3.58. The smallest absolute Gasteiger partial charge is 0.262 e. The summed E-state index contributed by atoms with van der Waals surface area (Å²) in [6, 6.07) is 12.1. The van der Waals surface area contributed by atoms with Crippen molar-refractivity contribution in [2.24, 2.45) is 0 Å². The van der Waals surface area contributed by atoms with E-state index < -0.39 is 0 Å². The molecule has 0 saturated heterocycles. The first kappa shape index (κ1) is 14.9. The number of ether oxygens (including phenoxy) is 1. The lowest BCUT2D eigenvalue weighted by atomic mass is 10.3. The van der Waals surface area contributed by atoms with Crippen molar-refractivity contribution in [1.29, 1.82) is 0 Å². The molecular formula is C14H12ClIN2O2. The molecule has 20 heavy (non-hydrogen) atoms. The van der Waals surface area contributed by atoms with Crippen LogP contribution in [0.25, 0.3) is 0 Å². The molecule has 6 heteroatoms. The Kier molecular flexibility index (Phi) is 5.08. The number of anilines is 2. The highest BCUT2D eigenvalue weighted by molar-refractivity contribution is 14.1. The maximum atomic E-state index is 11.8. The zero-order chi connectivity index (χ0) is 14.5. The highest BCUT2D eigenvalue weighted by atomic mass is 127. The molecule has 0 heterocycles. The van der Waals surface area contributed by atoms with Gasteiger partial charge in [-0.15, -0.1) is 0 Å². The number of hydrogen-bond donors (Lipinski definition) is 2. The maximum Gasteiger partial charge on any atom is 0.262 e. The van der Waals surface area contributed by atoms with Crippen molar-refractivity contribution in [3.8, 4) is 5.75 Å². The van der Waals surface area contributed by atoms with Crippen molar-refractivity contribution in [2.75, 3.05) is 17.7 Å². The van der Waals surface area contributed by atoms with Gasteiger partial charge in [-0.3, -0.25) is 4.79 Å². The first-order valence-electron chi connectivity index (χ1n) is 5.78. The van der Waals surface area contributed by atoms with Gasteiger partial charge in [-0.05, 0) is 65.1 Å². The van der Waals surface area contributed by atoms with Crippen molar-refractivity contribution in [3.63, 3.8) is 0 Å². The normalized spacial score (nSPS) is 10.1. The minimum absolute atomic E-state index is 0.0668. The first-order valence-corrected chi connectivity index (χ1v) is 7.23. The molecular weight excluding hydrogens is 391 g/mol. The molecule has 0 fully saturated rings. The van der Waals surface area contributed by atoms with E-state index in [0.29, 0.717) is 22.1 Å². The molecule has 0 saturated carbocycles. The van der Waals surface area contributed by atoms with Gasteiger partial charge in [-0.1, -0.05) is 11.6 Å². The second-order valence-corrected chi connectivity index (χ2v) is 5.63. The number of nitrogens with one attached hydrogen (secondary N) is 1. The van der Waals surface area contributed by atoms with Crippen LogP contribution in [0.15, 0.2) is 42.5 Å². The van der Waals surface area contributed by atoms with Crippen LogP contribution in [0.5, 0.6) is 5.75 Å². The monoisotopic (exact) mass is 402 g/mol. The van der Waals surface area contributed by atoms with E-state index in [-0.39, 0.29) is 12.5 Å². The van der Waals surface area contributed by atoms with Crippen LogP contribution >= 0.6 is 34.2 Å². The molecule has 2 aromatic rings. The number of rotatable bonds is 4. The van der Waals surface area contributed by atoms with Gasteiger partial charge in [0.25, 0.3) is 5.91 Å². The number of carbonyl (C=O) groups is 1. The van der Waals surface area contributed by atoms with Gasteiger partial charge in [0.05, 0.1) is 5.69 Å². The summed E-state index contributed by atoms with van der Waals surface area (Å²) in [7, 11) is 0. The average molecular weight is 403 g/mol. The fourth-order valence-corrected chi connectivity index (χ4v) is 2.50. The Labute approximate surface area is 135 Å². The number of benzene rings is 2. The lowest BCUT2D eigenvalue weighted by molar-refractivity contribution is -0.118. The summed E-state index contributed by atoms with van der Waals surface area (Å²) >= 11 is 7.96. The molecule has 1 amide bonds. The van der Waals surface area contributed by atoms with E-state index in [4.69, 9.17) is 22.1 Å². The molecule has 0 aliphatic heterocycles. The van der Waals surface area contributed by atoms with Crippen molar-refractivity contribution >= 4 is 51.5 Å². The zero-order valence-corrected chi connectivity index (χ0v) is 13.3. The molecule has 0 unspecified atom stereocenters. The lowest BCUT2D eigenvalue weighted by Crippen LogP contribution is -2.20.